The highest BCUT2D eigenvalue weighted by molar-refractivity contribution is 5.39. The molecule has 0 aromatic heterocycles. The molecule has 0 aliphatic heterocycles. The van der Waals surface area contributed by atoms with E-state index in [1.165, 1.54) is 6.42 Å². The Bertz CT molecular complexity index is 494. The van der Waals surface area contributed by atoms with Crippen LogP contribution in [0.25, 0.3) is 0 Å². The molecular formula is C18H25NO2. The van der Waals surface area contributed by atoms with E-state index in [2.05, 4.69) is 13.0 Å². The lowest BCUT2D eigenvalue weighted by atomic mass is 9.69. The van der Waals surface area contributed by atoms with E-state index in [9.17, 15) is 5.26 Å². The monoisotopic (exact) mass is 287 g/mol. The summed E-state index contributed by atoms with van der Waals surface area (Å²) >= 11 is 0. The van der Waals surface area contributed by atoms with Gasteiger partial charge in [0, 0.05) is 6.42 Å². The number of para-hydroxylation sites is 2. The van der Waals surface area contributed by atoms with Crippen molar-refractivity contribution in [3.05, 3.63) is 24.3 Å². The summed E-state index contributed by atoms with van der Waals surface area (Å²) in [6.07, 6.45) is 5.21. The van der Waals surface area contributed by atoms with Gasteiger partial charge in [0.2, 0.25) is 0 Å². The molecule has 2 unspecified atom stereocenters. The number of hydrogen-bond donors (Lipinski definition) is 0. The van der Waals surface area contributed by atoms with Crippen molar-refractivity contribution in [1.82, 2.24) is 0 Å². The molecule has 1 aliphatic rings. The Morgan fingerprint density at radius 3 is 2.62 bits per heavy atom. The molecule has 0 bridgehead atoms. The van der Waals surface area contributed by atoms with E-state index in [1.807, 2.05) is 31.2 Å². The van der Waals surface area contributed by atoms with Crippen LogP contribution in [0, 0.1) is 22.7 Å². The Kier molecular flexibility index (Phi) is 5.50. The Labute approximate surface area is 127 Å². The fraction of sp³-hybridized carbons (Fsp3) is 0.611. The lowest BCUT2D eigenvalue weighted by molar-refractivity contribution is 0.159. The lowest BCUT2D eigenvalue weighted by Gasteiger charge is -2.34. The summed E-state index contributed by atoms with van der Waals surface area (Å²) in [7, 11) is 0. The van der Waals surface area contributed by atoms with Gasteiger partial charge in [-0.15, -0.1) is 0 Å². The van der Waals surface area contributed by atoms with Gasteiger partial charge < -0.3 is 9.47 Å². The summed E-state index contributed by atoms with van der Waals surface area (Å²) < 4.78 is 11.4. The van der Waals surface area contributed by atoms with E-state index in [0.717, 1.165) is 37.2 Å². The molecule has 0 saturated heterocycles. The van der Waals surface area contributed by atoms with E-state index in [1.54, 1.807) is 0 Å². The molecular weight excluding hydrogens is 262 g/mol. The molecule has 0 radical (unpaired) electrons. The SMILES string of the molecule is CCOc1ccccc1OCCC1(C#N)CCCC(C)C1. The highest BCUT2D eigenvalue weighted by Crippen LogP contribution is 2.41. The fourth-order valence-corrected chi connectivity index (χ4v) is 3.25. The van der Waals surface area contributed by atoms with Gasteiger partial charge in [-0.3, -0.25) is 0 Å². The van der Waals surface area contributed by atoms with Crippen LogP contribution in [0.1, 0.15) is 46.0 Å². The first-order valence-electron chi connectivity index (χ1n) is 7.95. The second-order valence-electron chi connectivity index (χ2n) is 6.07. The maximum Gasteiger partial charge on any atom is 0.161 e. The quantitative estimate of drug-likeness (QED) is 0.769. The summed E-state index contributed by atoms with van der Waals surface area (Å²) in [5.74, 6) is 2.20. The molecule has 2 atom stereocenters. The van der Waals surface area contributed by atoms with E-state index >= 15 is 0 Å². The van der Waals surface area contributed by atoms with Gasteiger partial charge in [-0.25, -0.2) is 0 Å². The average Bonchev–Trinajstić information content (AvgIpc) is 2.49. The predicted octanol–water partition coefficient (Wildman–Crippen LogP) is 4.57. The van der Waals surface area contributed by atoms with Crippen molar-refractivity contribution < 1.29 is 9.47 Å². The summed E-state index contributed by atoms with van der Waals surface area (Å²) in [5, 5.41) is 9.57. The molecule has 0 spiro atoms. The normalized spacial score (nSPS) is 25.1. The van der Waals surface area contributed by atoms with Crippen LogP contribution >= 0.6 is 0 Å². The van der Waals surface area contributed by atoms with Gasteiger partial charge in [-0.05, 0) is 37.8 Å². The van der Waals surface area contributed by atoms with Crippen molar-refractivity contribution in [3.8, 4) is 17.6 Å². The number of hydrogen-bond acceptors (Lipinski definition) is 3. The van der Waals surface area contributed by atoms with Gasteiger partial charge in [0.05, 0.1) is 24.7 Å². The first-order valence-corrected chi connectivity index (χ1v) is 7.95. The molecule has 1 fully saturated rings. The molecule has 0 N–H and O–H groups in total. The number of rotatable bonds is 6. The third-order valence-corrected chi connectivity index (χ3v) is 4.32. The smallest absolute Gasteiger partial charge is 0.161 e. The van der Waals surface area contributed by atoms with E-state index in [4.69, 9.17) is 9.47 Å². The van der Waals surface area contributed by atoms with Crippen molar-refractivity contribution in [2.45, 2.75) is 46.0 Å². The largest absolute Gasteiger partial charge is 0.490 e. The molecule has 1 saturated carbocycles. The van der Waals surface area contributed by atoms with Crippen molar-refractivity contribution in [3.63, 3.8) is 0 Å². The Balaban J connectivity index is 1.93. The summed E-state index contributed by atoms with van der Waals surface area (Å²) in [6, 6.07) is 10.3. The molecule has 2 rings (SSSR count). The van der Waals surface area contributed by atoms with Gasteiger partial charge >= 0.3 is 0 Å². The molecule has 3 heteroatoms. The number of nitriles is 1. The first-order chi connectivity index (χ1) is 10.2. The third-order valence-electron chi connectivity index (χ3n) is 4.32. The standard InChI is InChI=1S/C18H25NO2/c1-3-20-16-8-4-5-9-17(16)21-12-11-18(14-19)10-6-7-15(2)13-18/h4-5,8-9,15H,3,6-7,10-13H2,1-2H3. The first kappa shape index (κ1) is 15.7. The molecule has 1 aromatic rings. The van der Waals surface area contributed by atoms with Crippen LogP contribution in [0.2, 0.25) is 0 Å². The van der Waals surface area contributed by atoms with E-state index in [0.29, 0.717) is 19.1 Å². The minimum Gasteiger partial charge on any atom is -0.490 e. The maximum atomic E-state index is 9.57. The van der Waals surface area contributed by atoms with E-state index < -0.39 is 0 Å². The Morgan fingerprint density at radius 1 is 1.29 bits per heavy atom. The molecule has 0 amide bonds. The summed E-state index contributed by atoms with van der Waals surface area (Å²) in [6.45, 7) is 5.41. The highest BCUT2D eigenvalue weighted by Gasteiger charge is 2.34. The number of benzene rings is 1. The van der Waals surface area contributed by atoms with Crippen molar-refractivity contribution in [2.24, 2.45) is 11.3 Å². The van der Waals surface area contributed by atoms with Crippen LogP contribution in [0.3, 0.4) is 0 Å². The van der Waals surface area contributed by atoms with Crippen LogP contribution in [-0.2, 0) is 0 Å². The van der Waals surface area contributed by atoms with Crippen LogP contribution in [-0.4, -0.2) is 13.2 Å². The van der Waals surface area contributed by atoms with Crippen LogP contribution < -0.4 is 9.47 Å². The number of ether oxygens (including phenoxy) is 2. The van der Waals surface area contributed by atoms with Crippen LogP contribution in [0.15, 0.2) is 24.3 Å². The van der Waals surface area contributed by atoms with Gasteiger partial charge in [-0.1, -0.05) is 31.9 Å². The van der Waals surface area contributed by atoms with Crippen molar-refractivity contribution in [1.29, 1.82) is 5.26 Å². The minimum absolute atomic E-state index is 0.196. The van der Waals surface area contributed by atoms with Crippen LogP contribution in [0.4, 0.5) is 0 Å². The zero-order chi connectivity index (χ0) is 15.1. The van der Waals surface area contributed by atoms with Gasteiger partial charge in [0.25, 0.3) is 0 Å². The van der Waals surface area contributed by atoms with Gasteiger partial charge in [-0.2, -0.15) is 5.26 Å². The second-order valence-corrected chi connectivity index (χ2v) is 6.07. The predicted molar refractivity (Wildman–Crippen MR) is 83.4 cm³/mol. The summed E-state index contributed by atoms with van der Waals surface area (Å²) in [5.41, 5.74) is -0.196. The summed E-state index contributed by atoms with van der Waals surface area (Å²) in [4.78, 5) is 0. The molecule has 1 aromatic carbocycles. The average molecular weight is 287 g/mol. The Morgan fingerprint density at radius 2 is 2.00 bits per heavy atom. The zero-order valence-corrected chi connectivity index (χ0v) is 13.1. The molecule has 114 valence electrons. The third kappa shape index (κ3) is 4.14. The zero-order valence-electron chi connectivity index (χ0n) is 13.1. The van der Waals surface area contributed by atoms with Gasteiger partial charge in [0.15, 0.2) is 11.5 Å². The number of nitrogens with zero attached hydrogens (tertiary/aromatic N) is 1. The second kappa shape index (κ2) is 7.36. The minimum atomic E-state index is -0.196. The molecule has 3 nitrogen and oxygen atoms in total. The van der Waals surface area contributed by atoms with Crippen molar-refractivity contribution >= 4 is 0 Å². The van der Waals surface area contributed by atoms with Crippen LogP contribution in [0.5, 0.6) is 11.5 Å². The molecule has 0 heterocycles. The highest BCUT2D eigenvalue weighted by atomic mass is 16.5. The van der Waals surface area contributed by atoms with E-state index in [-0.39, 0.29) is 5.41 Å². The maximum absolute atomic E-state index is 9.57. The molecule has 1 aliphatic carbocycles. The lowest BCUT2D eigenvalue weighted by Crippen LogP contribution is -2.28. The van der Waals surface area contributed by atoms with Gasteiger partial charge in [0.1, 0.15) is 0 Å². The Hall–Kier alpha value is -1.69. The fourth-order valence-electron chi connectivity index (χ4n) is 3.25. The topological polar surface area (TPSA) is 42.2 Å². The van der Waals surface area contributed by atoms with Crippen molar-refractivity contribution in [2.75, 3.05) is 13.2 Å². The molecule has 21 heavy (non-hydrogen) atoms.